The molecule has 0 saturated carbocycles. The lowest BCUT2D eigenvalue weighted by Crippen LogP contribution is -2.34. The van der Waals surface area contributed by atoms with E-state index in [1.54, 1.807) is 23.1 Å². The van der Waals surface area contributed by atoms with Crippen LogP contribution in [0.5, 0.6) is 11.5 Å². The van der Waals surface area contributed by atoms with Crippen molar-refractivity contribution in [1.29, 1.82) is 0 Å². The Hall–Kier alpha value is -2.52. The van der Waals surface area contributed by atoms with Crippen LogP contribution in [0, 0.1) is 0 Å². The van der Waals surface area contributed by atoms with Crippen LogP contribution in [-0.2, 0) is 6.42 Å². The fraction of sp³-hybridized carbons (Fsp3) is 0.526. The van der Waals surface area contributed by atoms with Gasteiger partial charge in [0.05, 0.1) is 0 Å². The molecule has 2 aliphatic rings. The van der Waals surface area contributed by atoms with E-state index in [2.05, 4.69) is 27.7 Å². The van der Waals surface area contributed by atoms with Crippen molar-refractivity contribution in [3.8, 4) is 11.5 Å². The smallest absolute Gasteiger partial charge is 0.322 e. The summed E-state index contributed by atoms with van der Waals surface area (Å²) in [6.07, 6.45) is 2.37. The topological polar surface area (TPSA) is 102 Å². The van der Waals surface area contributed by atoms with Crippen LogP contribution in [0.25, 0.3) is 0 Å². The van der Waals surface area contributed by atoms with E-state index >= 15 is 0 Å². The molecule has 1 fully saturated rings. The molecule has 1 aromatic heterocycles. The van der Waals surface area contributed by atoms with E-state index < -0.39 is 0 Å². The number of carbonyl (C=O) groups excluding carboxylic acids is 1. The van der Waals surface area contributed by atoms with Gasteiger partial charge in [-0.05, 0) is 38.9 Å². The molecule has 4 rings (SSSR count). The van der Waals surface area contributed by atoms with Crippen molar-refractivity contribution in [2.75, 3.05) is 32.1 Å². The number of rotatable bonds is 5. The standard InChI is InChI=1S/C19H25N5O4.ClH/c1-12(20-2)10-17-22-18(28-23-17)14-4-3-7-24(14)19(25)21-13-5-6-15-16(11-13)27-9-8-26-15;/h5-6,11-12,14,20H,3-4,7-10H2,1-2H3,(H,21,25);1H/t12?,14-;/m0./s1. The number of anilines is 1. The average Bonchev–Trinajstić information content (AvgIpc) is 3.37. The van der Waals surface area contributed by atoms with Crippen molar-refractivity contribution in [2.24, 2.45) is 0 Å². The highest BCUT2D eigenvalue weighted by Gasteiger charge is 2.34. The number of fused-ring (bicyclic) bond motifs is 1. The van der Waals surface area contributed by atoms with Crippen LogP contribution in [0.15, 0.2) is 22.7 Å². The minimum atomic E-state index is -0.205. The van der Waals surface area contributed by atoms with E-state index in [4.69, 9.17) is 14.0 Å². The van der Waals surface area contributed by atoms with E-state index in [9.17, 15) is 4.79 Å². The lowest BCUT2D eigenvalue weighted by molar-refractivity contribution is 0.171. The Morgan fingerprint density at radius 3 is 2.90 bits per heavy atom. The Balaban J connectivity index is 0.00000240. The number of halogens is 1. The molecule has 2 amide bonds. The van der Waals surface area contributed by atoms with Gasteiger partial charge in [-0.2, -0.15) is 4.98 Å². The molecule has 0 aliphatic carbocycles. The summed E-state index contributed by atoms with van der Waals surface area (Å²) in [5.41, 5.74) is 0.661. The quantitative estimate of drug-likeness (QED) is 0.762. The monoisotopic (exact) mass is 423 g/mol. The minimum Gasteiger partial charge on any atom is -0.486 e. The van der Waals surface area contributed by atoms with E-state index in [1.165, 1.54) is 0 Å². The van der Waals surface area contributed by atoms with Crippen molar-refractivity contribution in [3.05, 3.63) is 29.9 Å². The van der Waals surface area contributed by atoms with Crippen LogP contribution in [0.3, 0.4) is 0 Å². The van der Waals surface area contributed by atoms with Gasteiger partial charge in [0, 0.05) is 30.8 Å². The van der Waals surface area contributed by atoms with Crippen molar-refractivity contribution in [2.45, 2.75) is 38.3 Å². The molecular formula is C19H26ClN5O4. The highest BCUT2D eigenvalue weighted by atomic mass is 35.5. The molecule has 10 heteroatoms. The molecule has 2 N–H and O–H groups in total. The van der Waals surface area contributed by atoms with Crippen molar-refractivity contribution in [1.82, 2.24) is 20.4 Å². The van der Waals surface area contributed by atoms with Gasteiger partial charge in [0.15, 0.2) is 17.3 Å². The number of hydrogen-bond donors (Lipinski definition) is 2. The minimum absolute atomic E-state index is 0. The van der Waals surface area contributed by atoms with Gasteiger partial charge in [0.1, 0.15) is 19.3 Å². The molecular weight excluding hydrogens is 398 g/mol. The zero-order valence-electron chi connectivity index (χ0n) is 16.5. The fourth-order valence-electron chi connectivity index (χ4n) is 3.44. The summed E-state index contributed by atoms with van der Waals surface area (Å²) in [6.45, 7) is 3.74. The number of likely N-dealkylation sites (N-methyl/N-ethyl adjacent to an activating group) is 1. The first-order chi connectivity index (χ1) is 13.6. The largest absolute Gasteiger partial charge is 0.486 e. The summed E-state index contributed by atoms with van der Waals surface area (Å²) in [5.74, 6) is 2.48. The molecule has 2 atom stereocenters. The van der Waals surface area contributed by atoms with Gasteiger partial charge in [-0.15, -0.1) is 12.4 Å². The zero-order chi connectivity index (χ0) is 19.5. The van der Waals surface area contributed by atoms with E-state index in [0.717, 1.165) is 12.8 Å². The maximum atomic E-state index is 12.8. The molecule has 0 spiro atoms. The van der Waals surface area contributed by atoms with Crippen molar-refractivity contribution >= 4 is 24.1 Å². The van der Waals surface area contributed by atoms with Gasteiger partial charge in [-0.25, -0.2) is 4.79 Å². The first kappa shape index (κ1) is 21.2. The average molecular weight is 424 g/mol. The van der Waals surface area contributed by atoms with E-state index in [-0.39, 0.29) is 30.5 Å². The maximum absolute atomic E-state index is 12.8. The summed E-state index contributed by atoms with van der Waals surface area (Å²) >= 11 is 0. The second-order valence-electron chi connectivity index (χ2n) is 7.08. The number of amides is 2. The van der Waals surface area contributed by atoms with Crippen LogP contribution < -0.4 is 20.1 Å². The number of nitrogens with one attached hydrogen (secondary N) is 2. The third-order valence-corrected chi connectivity index (χ3v) is 5.06. The van der Waals surface area contributed by atoms with Gasteiger partial charge in [-0.3, -0.25) is 0 Å². The molecule has 1 saturated heterocycles. The maximum Gasteiger partial charge on any atom is 0.322 e. The van der Waals surface area contributed by atoms with Gasteiger partial charge in [0.25, 0.3) is 0 Å². The first-order valence-corrected chi connectivity index (χ1v) is 9.61. The number of hydrogen-bond acceptors (Lipinski definition) is 7. The SMILES string of the molecule is CNC(C)Cc1noc([C@@H]2CCCN2C(=O)Nc2ccc3c(c2)OCCO3)n1.Cl. The number of aromatic nitrogens is 2. The summed E-state index contributed by atoms with van der Waals surface area (Å²) in [4.78, 5) is 19.1. The second-order valence-corrected chi connectivity index (χ2v) is 7.08. The van der Waals surface area contributed by atoms with Crippen molar-refractivity contribution < 1.29 is 18.8 Å². The number of ether oxygens (including phenoxy) is 2. The third kappa shape index (κ3) is 4.73. The number of benzene rings is 1. The number of nitrogens with zero attached hydrogens (tertiary/aromatic N) is 3. The molecule has 1 unspecified atom stereocenters. The lowest BCUT2D eigenvalue weighted by Gasteiger charge is -2.23. The highest BCUT2D eigenvalue weighted by molar-refractivity contribution is 5.90. The second kappa shape index (κ2) is 9.32. The van der Waals surface area contributed by atoms with E-state index in [1.807, 2.05) is 7.05 Å². The molecule has 0 bridgehead atoms. The fourth-order valence-corrected chi connectivity index (χ4v) is 3.44. The molecule has 3 heterocycles. The Kier molecular flexibility index (Phi) is 6.81. The molecule has 0 radical (unpaired) electrons. The summed E-state index contributed by atoms with van der Waals surface area (Å²) in [6, 6.07) is 5.25. The Labute approximate surface area is 175 Å². The van der Waals surface area contributed by atoms with Crippen LogP contribution in [0.2, 0.25) is 0 Å². The Morgan fingerprint density at radius 1 is 1.31 bits per heavy atom. The predicted octanol–water partition coefficient (Wildman–Crippen LogP) is 2.78. The van der Waals surface area contributed by atoms with Gasteiger partial charge in [0.2, 0.25) is 5.89 Å². The zero-order valence-corrected chi connectivity index (χ0v) is 17.3. The first-order valence-electron chi connectivity index (χ1n) is 9.61. The molecule has 2 aliphatic heterocycles. The highest BCUT2D eigenvalue weighted by Crippen LogP contribution is 2.34. The van der Waals surface area contributed by atoms with Gasteiger partial charge < -0.3 is 29.5 Å². The molecule has 2 aromatic rings. The summed E-state index contributed by atoms with van der Waals surface area (Å²) in [5, 5.41) is 10.1. The Bertz CT molecular complexity index is 846. The molecule has 9 nitrogen and oxygen atoms in total. The third-order valence-electron chi connectivity index (χ3n) is 5.06. The van der Waals surface area contributed by atoms with Crippen LogP contribution in [-0.4, -0.2) is 53.9 Å². The predicted molar refractivity (Wildman–Crippen MR) is 109 cm³/mol. The number of urea groups is 1. The molecule has 29 heavy (non-hydrogen) atoms. The van der Waals surface area contributed by atoms with Gasteiger partial charge in [-0.1, -0.05) is 5.16 Å². The lowest BCUT2D eigenvalue weighted by atomic mass is 10.2. The van der Waals surface area contributed by atoms with Crippen LogP contribution >= 0.6 is 12.4 Å². The summed E-state index contributed by atoms with van der Waals surface area (Å²) < 4.78 is 16.5. The molecule has 1 aromatic carbocycles. The Morgan fingerprint density at radius 2 is 2.10 bits per heavy atom. The molecule has 158 valence electrons. The number of likely N-dealkylation sites (tertiary alicyclic amines) is 1. The summed E-state index contributed by atoms with van der Waals surface area (Å²) in [7, 11) is 1.90. The van der Waals surface area contributed by atoms with E-state index in [0.29, 0.717) is 55.1 Å². The van der Waals surface area contributed by atoms with Crippen LogP contribution in [0.1, 0.15) is 37.5 Å². The van der Waals surface area contributed by atoms with Gasteiger partial charge >= 0.3 is 6.03 Å². The van der Waals surface area contributed by atoms with Crippen molar-refractivity contribution in [3.63, 3.8) is 0 Å². The van der Waals surface area contributed by atoms with Crippen LogP contribution in [0.4, 0.5) is 10.5 Å². The number of carbonyl (C=O) groups is 1. The normalized spacial score (nSPS) is 18.8.